The highest BCUT2D eigenvalue weighted by Gasteiger charge is 2.17. The Morgan fingerprint density at radius 1 is 1.25 bits per heavy atom. The Hall–Kier alpha value is -3.26. The zero-order chi connectivity index (χ0) is 22.8. The minimum Gasteiger partial charge on any atom is -0.374 e. The van der Waals surface area contributed by atoms with Gasteiger partial charge in [-0.2, -0.15) is 0 Å². The quantitative estimate of drug-likeness (QED) is 0.706. The van der Waals surface area contributed by atoms with Gasteiger partial charge in [-0.05, 0) is 55.4 Å². The van der Waals surface area contributed by atoms with Crippen LogP contribution in [-0.4, -0.2) is 65.3 Å². The molecule has 1 aromatic carbocycles. The molecular formula is C24H30N6O2. The topological polar surface area (TPSA) is 108 Å². The van der Waals surface area contributed by atoms with Crippen molar-refractivity contribution in [1.29, 1.82) is 5.41 Å². The fourth-order valence-electron chi connectivity index (χ4n) is 4.34. The number of piperazine rings is 1. The summed E-state index contributed by atoms with van der Waals surface area (Å²) in [6.45, 7) is 7.87. The van der Waals surface area contributed by atoms with Crippen molar-refractivity contribution in [2.24, 2.45) is 10.7 Å². The molecular weight excluding hydrogens is 404 g/mol. The Labute approximate surface area is 186 Å². The molecule has 168 valence electrons. The Bertz CT molecular complexity index is 1280. The molecule has 2 aliphatic rings. The molecule has 0 atom stereocenters. The van der Waals surface area contributed by atoms with Crippen LogP contribution in [0.4, 0.5) is 0 Å². The van der Waals surface area contributed by atoms with Gasteiger partial charge in [0.2, 0.25) is 5.91 Å². The number of amides is 1. The van der Waals surface area contributed by atoms with E-state index >= 15 is 0 Å². The van der Waals surface area contributed by atoms with Crippen molar-refractivity contribution in [3.8, 4) is 0 Å². The van der Waals surface area contributed by atoms with E-state index < -0.39 is 0 Å². The molecule has 1 fully saturated rings. The lowest BCUT2D eigenvalue weighted by Crippen LogP contribution is -2.50. The number of nitrogens with one attached hydrogen (secondary N) is 1. The molecule has 2 aromatic rings. The van der Waals surface area contributed by atoms with Crippen LogP contribution in [0.25, 0.3) is 22.6 Å². The summed E-state index contributed by atoms with van der Waals surface area (Å²) in [4.78, 5) is 33.5. The molecule has 1 saturated heterocycles. The normalized spacial score (nSPS) is 16.6. The predicted molar refractivity (Wildman–Crippen MR) is 127 cm³/mol. The van der Waals surface area contributed by atoms with Crippen LogP contribution in [0.15, 0.2) is 34.2 Å². The molecule has 0 aliphatic carbocycles. The number of aryl methyl sites for hydroxylation is 1. The second-order valence-corrected chi connectivity index (χ2v) is 8.38. The zero-order valence-corrected chi connectivity index (χ0v) is 18.7. The number of aromatic nitrogens is 1. The van der Waals surface area contributed by atoms with E-state index in [1.54, 1.807) is 11.5 Å². The Morgan fingerprint density at radius 3 is 2.69 bits per heavy atom. The fraction of sp³-hybridized carbons (Fsp3) is 0.417. The van der Waals surface area contributed by atoms with Crippen molar-refractivity contribution in [2.75, 3.05) is 39.3 Å². The molecule has 0 saturated carbocycles. The number of nitrogens with zero attached hydrogens (tertiary/aromatic N) is 4. The van der Waals surface area contributed by atoms with Crippen molar-refractivity contribution in [3.63, 3.8) is 0 Å². The first-order valence-electron chi connectivity index (χ1n) is 11.1. The maximum atomic E-state index is 13.3. The van der Waals surface area contributed by atoms with Gasteiger partial charge in [-0.1, -0.05) is 6.07 Å². The van der Waals surface area contributed by atoms with Crippen molar-refractivity contribution in [1.82, 2.24) is 14.4 Å². The molecule has 4 rings (SSSR count). The maximum Gasteiger partial charge on any atom is 0.260 e. The maximum absolute atomic E-state index is 13.3. The van der Waals surface area contributed by atoms with Crippen molar-refractivity contribution in [3.05, 3.63) is 50.9 Å². The molecule has 3 N–H and O–H groups in total. The third kappa shape index (κ3) is 4.10. The van der Waals surface area contributed by atoms with Crippen LogP contribution in [-0.2, 0) is 11.3 Å². The number of rotatable bonds is 5. The average molecular weight is 435 g/mol. The second kappa shape index (κ2) is 9.08. The minimum atomic E-state index is -0.0988. The van der Waals surface area contributed by atoms with E-state index in [1.807, 2.05) is 24.0 Å². The molecule has 8 nitrogen and oxygen atoms in total. The van der Waals surface area contributed by atoms with Crippen LogP contribution in [0.3, 0.4) is 0 Å². The summed E-state index contributed by atoms with van der Waals surface area (Å²) in [5.74, 6) is 0.123. The first kappa shape index (κ1) is 22.0. The van der Waals surface area contributed by atoms with E-state index in [2.05, 4.69) is 28.2 Å². The molecule has 1 amide bonds. The van der Waals surface area contributed by atoms with Gasteiger partial charge >= 0.3 is 0 Å². The largest absolute Gasteiger partial charge is 0.374 e. The van der Waals surface area contributed by atoms with Gasteiger partial charge in [-0.15, -0.1) is 0 Å². The lowest BCUT2D eigenvalue weighted by molar-refractivity contribution is -0.130. The van der Waals surface area contributed by atoms with Crippen LogP contribution in [0, 0.1) is 5.41 Å². The van der Waals surface area contributed by atoms with Gasteiger partial charge in [0.25, 0.3) is 5.56 Å². The molecule has 3 heterocycles. The van der Waals surface area contributed by atoms with E-state index in [0.717, 1.165) is 42.6 Å². The molecule has 8 heteroatoms. The van der Waals surface area contributed by atoms with Gasteiger partial charge in [0, 0.05) is 45.0 Å². The highest BCUT2D eigenvalue weighted by molar-refractivity contribution is 6.17. The number of benzene rings is 1. The highest BCUT2D eigenvalue weighted by atomic mass is 16.2. The highest BCUT2D eigenvalue weighted by Crippen LogP contribution is 2.15. The van der Waals surface area contributed by atoms with Crippen molar-refractivity contribution >= 4 is 34.2 Å². The summed E-state index contributed by atoms with van der Waals surface area (Å²) in [6, 6.07) is 6.06. The predicted octanol–water partition coefficient (Wildman–Crippen LogP) is 0.309. The van der Waals surface area contributed by atoms with E-state index in [-0.39, 0.29) is 11.5 Å². The summed E-state index contributed by atoms with van der Waals surface area (Å²) in [7, 11) is 0. The van der Waals surface area contributed by atoms with E-state index in [9.17, 15) is 9.59 Å². The number of nitrogens with two attached hydrogens (primary N) is 1. The number of pyridine rings is 1. The van der Waals surface area contributed by atoms with Gasteiger partial charge < -0.3 is 25.5 Å². The summed E-state index contributed by atoms with van der Waals surface area (Å²) in [6.07, 6.45) is 4.83. The average Bonchev–Trinajstić information content (AvgIpc) is 2.79. The third-order valence-corrected chi connectivity index (χ3v) is 6.31. The van der Waals surface area contributed by atoms with E-state index in [0.29, 0.717) is 47.9 Å². The number of carbonyl (C=O) groups is 1. The molecule has 0 bridgehead atoms. The third-order valence-electron chi connectivity index (χ3n) is 6.31. The lowest BCUT2D eigenvalue weighted by atomic mass is 10.0. The summed E-state index contributed by atoms with van der Waals surface area (Å²) >= 11 is 0. The Balaban J connectivity index is 1.76. The smallest absolute Gasteiger partial charge is 0.260 e. The fourth-order valence-corrected chi connectivity index (χ4v) is 4.34. The summed E-state index contributed by atoms with van der Waals surface area (Å²) < 4.78 is 1.77. The number of fused-ring (bicyclic) bond motifs is 3. The first-order valence-corrected chi connectivity index (χ1v) is 11.1. The van der Waals surface area contributed by atoms with Crippen LogP contribution in [0.5, 0.6) is 0 Å². The molecule has 0 unspecified atom stereocenters. The van der Waals surface area contributed by atoms with Crippen molar-refractivity contribution < 1.29 is 4.79 Å². The van der Waals surface area contributed by atoms with Gasteiger partial charge in [0.1, 0.15) is 0 Å². The lowest BCUT2D eigenvalue weighted by Gasteiger charge is -2.33. The molecule has 0 radical (unpaired) electrons. The van der Waals surface area contributed by atoms with Crippen LogP contribution < -0.4 is 21.9 Å². The van der Waals surface area contributed by atoms with Crippen LogP contribution >= 0.6 is 0 Å². The van der Waals surface area contributed by atoms with Gasteiger partial charge in [-0.3, -0.25) is 14.6 Å². The van der Waals surface area contributed by atoms with Crippen LogP contribution in [0.1, 0.15) is 25.8 Å². The monoisotopic (exact) mass is 434 g/mol. The van der Waals surface area contributed by atoms with Gasteiger partial charge in [0.15, 0.2) is 0 Å². The molecule has 32 heavy (non-hydrogen) atoms. The van der Waals surface area contributed by atoms with E-state index in [4.69, 9.17) is 11.1 Å². The van der Waals surface area contributed by atoms with Crippen LogP contribution in [0.2, 0.25) is 0 Å². The first-order chi connectivity index (χ1) is 15.4. The number of carbonyl (C=O) groups excluding carboxylic acids is 1. The molecule has 1 aromatic heterocycles. The van der Waals surface area contributed by atoms with Crippen molar-refractivity contribution in [2.45, 2.75) is 26.8 Å². The minimum absolute atomic E-state index is 0.0988. The zero-order valence-electron chi connectivity index (χ0n) is 18.7. The van der Waals surface area contributed by atoms with Gasteiger partial charge in [-0.25, -0.2) is 0 Å². The standard InChI is InChI=1S/C24H30N6O2/c1-16-20(26)15-27-23-19-14-18(6-9-28-10-12-29(13-11-28)17(2)31)4-5-21(19)30(8-3-7-25)24(32)22(16)23/h4-6,9,14,26H,3,7-8,10-13,15,25H2,1-2H3. The summed E-state index contributed by atoms with van der Waals surface area (Å²) in [5.41, 5.74) is 8.57. The Kier molecular flexibility index (Phi) is 6.23. The summed E-state index contributed by atoms with van der Waals surface area (Å²) in [5, 5.41) is 10.3. The second-order valence-electron chi connectivity index (χ2n) is 8.38. The van der Waals surface area contributed by atoms with E-state index in [1.165, 1.54) is 0 Å². The molecule has 2 aliphatic heterocycles. The molecule has 0 spiro atoms. The number of hydrogen-bond acceptors (Lipinski definition) is 6. The van der Waals surface area contributed by atoms with Gasteiger partial charge in [0.05, 0.1) is 28.3 Å². The Morgan fingerprint density at radius 2 is 2.00 bits per heavy atom. The number of hydrogen-bond donors (Lipinski definition) is 2. The SMILES string of the molecule is CC(=O)N1CCN(C=Cc2ccc3c(c2)c2c(c(=O)n3CCCN)=C(C)C(=N)CN=2)CC1.